The molecule has 0 bridgehead atoms. The van der Waals surface area contributed by atoms with E-state index in [4.69, 9.17) is 32.7 Å². The molecule has 0 aliphatic heterocycles. The van der Waals surface area contributed by atoms with E-state index in [2.05, 4.69) is 10.5 Å². The Kier molecular flexibility index (Phi) is 8.56. The molecule has 1 unspecified atom stereocenters. The van der Waals surface area contributed by atoms with E-state index in [-0.39, 0.29) is 10.6 Å². The molecule has 4 aromatic rings. The summed E-state index contributed by atoms with van der Waals surface area (Å²) in [5.41, 5.74) is 5.53. The number of hydrazone groups is 1. The molecule has 0 fully saturated rings. The Bertz CT molecular complexity index is 1410. The number of nitrogens with one attached hydrogen (secondary N) is 1. The van der Waals surface area contributed by atoms with Gasteiger partial charge in [0.05, 0.1) is 16.8 Å². The van der Waals surface area contributed by atoms with Gasteiger partial charge in [0.15, 0.2) is 6.10 Å². The zero-order valence-electron chi connectivity index (χ0n) is 19.7. The van der Waals surface area contributed by atoms with Crippen LogP contribution in [0.25, 0.3) is 11.1 Å². The number of benzene rings is 4. The number of amides is 1. The second-order valence-electron chi connectivity index (χ2n) is 7.97. The summed E-state index contributed by atoms with van der Waals surface area (Å²) >= 11 is 11.9. The highest BCUT2D eigenvalue weighted by atomic mass is 35.5. The smallest absolute Gasteiger partial charge is 0.345 e. The maximum Gasteiger partial charge on any atom is 0.345 e. The van der Waals surface area contributed by atoms with Crippen LogP contribution in [0.4, 0.5) is 0 Å². The third kappa shape index (κ3) is 7.19. The fourth-order valence-corrected chi connectivity index (χ4v) is 3.80. The van der Waals surface area contributed by atoms with Crippen LogP contribution in [0.2, 0.25) is 10.0 Å². The minimum Gasteiger partial charge on any atom is -0.481 e. The van der Waals surface area contributed by atoms with Gasteiger partial charge < -0.3 is 9.47 Å². The summed E-state index contributed by atoms with van der Waals surface area (Å²) < 4.78 is 11.1. The first-order valence-corrected chi connectivity index (χ1v) is 12.1. The van der Waals surface area contributed by atoms with Gasteiger partial charge in [-0.15, -0.1) is 0 Å². The zero-order chi connectivity index (χ0) is 26.2. The van der Waals surface area contributed by atoms with E-state index in [0.29, 0.717) is 22.1 Å². The summed E-state index contributed by atoms with van der Waals surface area (Å²) in [4.78, 5) is 24.7. The second kappa shape index (κ2) is 12.2. The van der Waals surface area contributed by atoms with Gasteiger partial charge in [-0.1, -0.05) is 65.7 Å². The molecule has 0 aliphatic carbocycles. The van der Waals surface area contributed by atoms with Crippen LogP contribution in [0.5, 0.6) is 11.5 Å². The molecule has 6 nitrogen and oxygen atoms in total. The lowest BCUT2D eigenvalue weighted by Gasteiger charge is -2.13. The fourth-order valence-electron chi connectivity index (χ4n) is 3.31. The van der Waals surface area contributed by atoms with Crippen LogP contribution in [0, 0.1) is 0 Å². The van der Waals surface area contributed by atoms with Crippen molar-refractivity contribution in [3.05, 3.63) is 118 Å². The molecule has 1 atom stereocenters. The van der Waals surface area contributed by atoms with Crippen molar-refractivity contribution in [2.24, 2.45) is 5.10 Å². The van der Waals surface area contributed by atoms with Crippen molar-refractivity contribution >= 4 is 41.3 Å². The van der Waals surface area contributed by atoms with Gasteiger partial charge in [0, 0.05) is 5.02 Å². The van der Waals surface area contributed by atoms with E-state index in [0.717, 1.165) is 11.1 Å². The Labute approximate surface area is 224 Å². The Morgan fingerprint density at radius 2 is 1.49 bits per heavy atom. The van der Waals surface area contributed by atoms with Crippen molar-refractivity contribution in [2.45, 2.75) is 13.0 Å². The molecule has 0 spiro atoms. The largest absolute Gasteiger partial charge is 0.481 e. The topological polar surface area (TPSA) is 77.0 Å². The number of ether oxygens (including phenoxy) is 2. The maximum absolute atomic E-state index is 12.4. The van der Waals surface area contributed by atoms with Gasteiger partial charge in [-0.3, -0.25) is 4.79 Å². The normalized spacial score (nSPS) is 11.6. The maximum atomic E-state index is 12.4. The number of hydrogen-bond acceptors (Lipinski definition) is 5. The lowest BCUT2D eigenvalue weighted by molar-refractivity contribution is -0.127. The van der Waals surface area contributed by atoms with Gasteiger partial charge in [-0.2, -0.15) is 5.10 Å². The van der Waals surface area contributed by atoms with Gasteiger partial charge in [0.2, 0.25) is 0 Å². The third-order valence-electron chi connectivity index (χ3n) is 5.27. The molecular formula is C29H22Cl2N2O4. The minimum absolute atomic E-state index is 0.208. The summed E-state index contributed by atoms with van der Waals surface area (Å²) in [5, 5.41) is 4.61. The third-order valence-corrected chi connectivity index (χ3v) is 5.82. The molecule has 0 saturated carbocycles. The molecule has 0 aromatic heterocycles. The van der Waals surface area contributed by atoms with Crippen LogP contribution in [0.3, 0.4) is 0 Å². The lowest BCUT2D eigenvalue weighted by Crippen LogP contribution is -2.33. The van der Waals surface area contributed by atoms with Crippen LogP contribution in [-0.2, 0) is 4.79 Å². The quantitative estimate of drug-likeness (QED) is 0.117. The number of hydrogen-bond donors (Lipinski definition) is 1. The number of esters is 1. The summed E-state index contributed by atoms with van der Waals surface area (Å²) in [7, 11) is 0. The summed E-state index contributed by atoms with van der Waals surface area (Å²) in [6.45, 7) is 1.64. The van der Waals surface area contributed by atoms with Crippen molar-refractivity contribution in [3.8, 4) is 22.6 Å². The first kappa shape index (κ1) is 25.9. The summed E-state index contributed by atoms with van der Waals surface area (Å²) in [5.74, 6) is -0.0818. The number of rotatable bonds is 8. The molecule has 37 heavy (non-hydrogen) atoms. The Hall–Kier alpha value is -4.13. The van der Waals surface area contributed by atoms with Crippen molar-refractivity contribution in [1.29, 1.82) is 0 Å². The van der Waals surface area contributed by atoms with Gasteiger partial charge in [-0.05, 0) is 78.2 Å². The number of nitrogens with zero attached hydrogens (tertiary/aromatic N) is 1. The van der Waals surface area contributed by atoms with Crippen LogP contribution in [-0.4, -0.2) is 24.2 Å². The van der Waals surface area contributed by atoms with E-state index in [1.165, 1.54) is 18.3 Å². The molecule has 186 valence electrons. The molecule has 8 heteroatoms. The molecule has 0 heterocycles. The zero-order valence-corrected chi connectivity index (χ0v) is 21.2. The average Bonchev–Trinajstić information content (AvgIpc) is 2.90. The van der Waals surface area contributed by atoms with Crippen molar-refractivity contribution in [1.82, 2.24) is 5.43 Å². The monoisotopic (exact) mass is 532 g/mol. The van der Waals surface area contributed by atoms with E-state index < -0.39 is 18.0 Å². The number of carbonyl (C=O) groups excluding carboxylic acids is 2. The summed E-state index contributed by atoms with van der Waals surface area (Å²) in [6, 6.07) is 28.7. The van der Waals surface area contributed by atoms with E-state index in [1.807, 2.05) is 54.6 Å². The second-order valence-corrected chi connectivity index (χ2v) is 8.81. The Morgan fingerprint density at radius 3 is 2.16 bits per heavy atom. The Morgan fingerprint density at radius 1 is 0.838 bits per heavy atom. The van der Waals surface area contributed by atoms with Crippen LogP contribution < -0.4 is 14.9 Å². The predicted molar refractivity (Wildman–Crippen MR) is 146 cm³/mol. The minimum atomic E-state index is -0.749. The number of carbonyl (C=O) groups is 2. The molecule has 4 aromatic carbocycles. The first-order valence-electron chi connectivity index (χ1n) is 11.3. The summed E-state index contributed by atoms with van der Waals surface area (Å²) in [6.07, 6.45) is 0.724. The molecular weight excluding hydrogens is 511 g/mol. The Balaban J connectivity index is 1.26. The standard InChI is InChI=1S/C29H22Cl2N2O4/c1-19(36-24-14-9-22(10-15-24)21-5-3-2-4-6-21)28(34)33-32-18-20-7-12-25(13-8-20)37-29(35)26-16-11-23(30)17-27(26)31/h2-19H,1H3,(H,33,34)/b32-18+. The SMILES string of the molecule is CC(Oc1ccc(-c2ccccc2)cc1)C(=O)N/N=C/c1ccc(OC(=O)c2ccc(Cl)cc2Cl)cc1. The highest BCUT2D eigenvalue weighted by Gasteiger charge is 2.15. The number of halogens is 2. The van der Waals surface area contributed by atoms with Crippen molar-refractivity contribution < 1.29 is 19.1 Å². The molecule has 0 radical (unpaired) electrons. The van der Waals surface area contributed by atoms with Crippen molar-refractivity contribution in [2.75, 3.05) is 0 Å². The average molecular weight is 533 g/mol. The van der Waals surface area contributed by atoms with Gasteiger partial charge in [0.25, 0.3) is 5.91 Å². The van der Waals surface area contributed by atoms with Gasteiger partial charge in [0.1, 0.15) is 11.5 Å². The lowest BCUT2D eigenvalue weighted by atomic mass is 10.1. The highest BCUT2D eigenvalue weighted by molar-refractivity contribution is 6.36. The molecule has 0 saturated heterocycles. The predicted octanol–water partition coefficient (Wildman–Crippen LogP) is 6.80. The molecule has 1 amide bonds. The molecule has 4 rings (SSSR count). The van der Waals surface area contributed by atoms with Gasteiger partial charge in [-0.25, -0.2) is 10.2 Å². The molecule has 1 N–H and O–H groups in total. The van der Waals surface area contributed by atoms with Crippen LogP contribution in [0.15, 0.2) is 102 Å². The molecule has 0 aliphatic rings. The fraction of sp³-hybridized carbons (Fsp3) is 0.0690. The van der Waals surface area contributed by atoms with E-state index >= 15 is 0 Å². The highest BCUT2D eigenvalue weighted by Crippen LogP contribution is 2.24. The van der Waals surface area contributed by atoms with Crippen LogP contribution in [0.1, 0.15) is 22.8 Å². The van der Waals surface area contributed by atoms with Gasteiger partial charge >= 0.3 is 5.97 Å². The van der Waals surface area contributed by atoms with Crippen molar-refractivity contribution in [3.63, 3.8) is 0 Å². The van der Waals surface area contributed by atoms with E-state index in [9.17, 15) is 9.59 Å². The van der Waals surface area contributed by atoms with Crippen LogP contribution >= 0.6 is 23.2 Å². The van der Waals surface area contributed by atoms with E-state index in [1.54, 1.807) is 37.3 Å². The first-order chi connectivity index (χ1) is 17.9.